The smallest absolute Gasteiger partial charge is 0.343 e. The van der Waals surface area contributed by atoms with E-state index in [9.17, 15) is 14.4 Å². The lowest BCUT2D eigenvalue weighted by molar-refractivity contribution is 0.0475. The van der Waals surface area contributed by atoms with Crippen LogP contribution in [0.15, 0.2) is 36.4 Å². The largest absolute Gasteiger partial charge is 0.423 e. The molecule has 2 aromatic rings. The molecule has 0 radical (unpaired) electrons. The zero-order chi connectivity index (χ0) is 19.8. The van der Waals surface area contributed by atoms with E-state index >= 15 is 0 Å². The quantitative estimate of drug-likeness (QED) is 0.463. The van der Waals surface area contributed by atoms with Gasteiger partial charge in [-0.1, -0.05) is 6.07 Å². The molecule has 0 N–H and O–H groups in total. The Hall–Kier alpha value is -2.99. The number of carbonyl (C=O) groups excluding carboxylic acids is 3. The molecule has 0 aliphatic carbocycles. The highest BCUT2D eigenvalue weighted by molar-refractivity contribution is 6.22. The van der Waals surface area contributed by atoms with Gasteiger partial charge in [-0.3, -0.25) is 14.5 Å². The predicted molar refractivity (Wildman–Crippen MR) is 102 cm³/mol. The van der Waals surface area contributed by atoms with E-state index in [4.69, 9.17) is 9.47 Å². The molecule has 2 aliphatic heterocycles. The van der Waals surface area contributed by atoms with Crippen molar-refractivity contribution >= 4 is 17.8 Å². The van der Waals surface area contributed by atoms with E-state index < -0.39 is 11.9 Å². The number of hydrogen-bond acceptors (Lipinski definition) is 5. The molecule has 4 rings (SSSR count). The number of carbonyl (C=O) groups is 3. The molecule has 6 heteroatoms. The average Bonchev–Trinajstić information content (AvgIpc) is 3.28. The first-order valence-corrected chi connectivity index (χ1v) is 9.35. The van der Waals surface area contributed by atoms with Crippen molar-refractivity contribution in [2.45, 2.75) is 32.8 Å². The van der Waals surface area contributed by atoms with E-state index in [1.165, 1.54) is 23.1 Å². The van der Waals surface area contributed by atoms with Crippen molar-refractivity contribution in [3.63, 3.8) is 0 Å². The maximum Gasteiger partial charge on any atom is 0.343 e. The summed E-state index contributed by atoms with van der Waals surface area (Å²) in [6.07, 6.45) is 1.65. The van der Waals surface area contributed by atoms with E-state index in [0.717, 1.165) is 24.0 Å². The summed E-state index contributed by atoms with van der Waals surface area (Å²) < 4.78 is 11.0. The fourth-order valence-corrected chi connectivity index (χ4v) is 3.52. The maximum absolute atomic E-state index is 12.7. The van der Waals surface area contributed by atoms with Crippen LogP contribution in [0.5, 0.6) is 5.75 Å². The number of aryl methyl sites for hydroxylation is 2. The van der Waals surface area contributed by atoms with Gasteiger partial charge in [0.1, 0.15) is 5.75 Å². The van der Waals surface area contributed by atoms with E-state index in [0.29, 0.717) is 17.9 Å². The van der Waals surface area contributed by atoms with Crippen LogP contribution < -0.4 is 4.74 Å². The first-order chi connectivity index (χ1) is 13.4. The second-order valence-corrected chi connectivity index (χ2v) is 7.25. The number of amides is 2. The molecular weight excluding hydrogens is 358 g/mol. The molecule has 1 fully saturated rings. The highest BCUT2D eigenvalue weighted by Crippen LogP contribution is 2.27. The van der Waals surface area contributed by atoms with Gasteiger partial charge < -0.3 is 9.47 Å². The van der Waals surface area contributed by atoms with Crippen LogP contribution in [0.3, 0.4) is 0 Å². The van der Waals surface area contributed by atoms with Gasteiger partial charge in [-0.05, 0) is 68.1 Å². The van der Waals surface area contributed by atoms with Gasteiger partial charge in [0.2, 0.25) is 0 Å². The molecule has 0 saturated carbocycles. The molecular formula is C22H21NO5. The Labute approximate surface area is 163 Å². The Morgan fingerprint density at radius 2 is 1.86 bits per heavy atom. The van der Waals surface area contributed by atoms with Gasteiger partial charge in [-0.15, -0.1) is 0 Å². The summed E-state index contributed by atoms with van der Waals surface area (Å²) in [5.74, 6) is -0.860. The van der Waals surface area contributed by atoms with E-state index in [1.807, 2.05) is 19.9 Å². The Morgan fingerprint density at radius 3 is 2.57 bits per heavy atom. The lowest BCUT2D eigenvalue weighted by atomic mass is 10.1. The van der Waals surface area contributed by atoms with Crippen LogP contribution in [-0.4, -0.2) is 41.9 Å². The summed E-state index contributed by atoms with van der Waals surface area (Å²) in [7, 11) is 0. The first kappa shape index (κ1) is 18.4. The summed E-state index contributed by atoms with van der Waals surface area (Å²) in [5.41, 5.74) is 2.90. The minimum Gasteiger partial charge on any atom is -0.423 e. The van der Waals surface area contributed by atoms with Crippen LogP contribution in [0.4, 0.5) is 0 Å². The molecule has 2 amide bonds. The number of ether oxygens (including phenoxy) is 2. The Kier molecular flexibility index (Phi) is 4.73. The highest BCUT2D eigenvalue weighted by atomic mass is 16.5. The second-order valence-electron chi connectivity index (χ2n) is 7.25. The monoisotopic (exact) mass is 379 g/mol. The maximum atomic E-state index is 12.7. The fraction of sp³-hybridized carbons (Fsp3) is 0.318. The average molecular weight is 379 g/mol. The fourth-order valence-electron chi connectivity index (χ4n) is 3.52. The summed E-state index contributed by atoms with van der Waals surface area (Å²) in [6, 6.07) is 9.87. The molecule has 2 aromatic carbocycles. The minimum absolute atomic E-state index is 0.114. The predicted octanol–water partition coefficient (Wildman–Crippen LogP) is 3.30. The third-order valence-corrected chi connectivity index (χ3v) is 5.31. The Bertz CT molecular complexity index is 975. The van der Waals surface area contributed by atoms with Gasteiger partial charge >= 0.3 is 5.97 Å². The van der Waals surface area contributed by atoms with Crippen LogP contribution in [0.1, 0.15) is 55.0 Å². The van der Waals surface area contributed by atoms with E-state index in [1.54, 1.807) is 12.1 Å². The van der Waals surface area contributed by atoms with Crippen LogP contribution in [0.2, 0.25) is 0 Å². The summed E-state index contributed by atoms with van der Waals surface area (Å²) in [5, 5.41) is 0. The molecule has 0 spiro atoms. The van der Waals surface area contributed by atoms with Crippen molar-refractivity contribution in [2.75, 3.05) is 13.2 Å². The highest BCUT2D eigenvalue weighted by Gasteiger charge is 2.38. The zero-order valence-electron chi connectivity index (χ0n) is 15.9. The van der Waals surface area contributed by atoms with E-state index in [2.05, 4.69) is 0 Å². The van der Waals surface area contributed by atoms with Crippen molar-refractivity contribution in [1.29, 1.82) is 0 Å². The number of benzene rings is 2. The third-order valence-electron chi connectivity index (χ3n) is 5.31. The van der Waals surface area contributed by atoms with Crippen molar-refractivity contribution in [3.05, 3.63) is 64.2 Å². The molecule has 2 aliphatic rings. The normalized spacial score (nSPS) is 18.5. The molecule has 28 heavy (non-hydrogen) atoms. The molecule has 0 aromatic heterocycles. The third kappa shape index (κ3) is 3.31. The van der Waals surface area contributed by atoms with Crippen LogP contribution in [0, 0.1) is 13.8 Å². The van der Waals surface area contributed by atoms with Gasteiger partial charge in [0.25, 0.3) is 11.8 Å². The van der Waals surface area contributed by atoms with Gasteiger partial charge in [0.15, 0.2) is 0 Å². The Balaban J connectivity index is 1.53. The molecule has 6 nitrogen and oxygen atoms in total. The van der Waals surface area contributed by atoms with Crippen LogP contribution in [-0.2, 0) is 4.74 Å². The van der Waals surface area contributed by atoms with Crippen molar-refractivity contribution in [3.8, 4) is 5.75 Å². The van der Waals surface area contributed by atoms with Crippen molar-refractivity contribution in [2.24, 2.45) is 0 Å². The molecule has 144 valence electrons. The zero-order valence-corrected chi connectivity index (χ0v) is 15.9. The standard InChI is InChI=1S/C22H21NO5/c1-13-5-7-16(10-14(13)2)28-22(26)15-6-8-18-19(11-15)21(25)23(20(18)24)12-17-4-3-9-27-17/h5-8,10-11,17H,3-4,9,12H2,1-2H3. The summed E-state index contributed by atoms with van der Waals surface area (Å²) >= 11 is 0. The molecule has 1 unspecified atom stereocenters. The molecule has 1 saturated heterocycles. The van der Waals surface area contributed by atoms with E-state index in [-0.39, 0.29) is 29.7 Å². The van der Waals surface area contributed by atoms with Gasteiger partial charge in [-0.25, -0.2) is 4.79 Å². The number of fused-ring (bicyclic) bond motifs is 1. The van der Waals surface area contributed by atoms with Gasteiger partial charge in [0.05, 0.1) is 29.3 Å². The topological polar surface area (TPSA) is 72.9 Å². The summed E-state index contributed by atoms with van der Waals surface area (Å²) in [6.45, 7) is 4.82. The number of hydrogen-bond donors (Lipinski definition) is 0. The first-order valence-electron chi connectivity index (χ1n) is 9.35. The summed E-state index contributed by atoms with van der Waals surface area (Å²) in [4.78, 5) is 39.0. The number of nitrogens with zero attached hydrogens (tertiary/aromatic N) is 1. The van der Waals surface area contributed by atoms with Crippen molar-refractivity contribution < 1.29 is 23.9 Å². The molecule has 1 atom stereocenters. The lowest BCUT2D eigenvalue weighted by Crippen LogP contribution is -2.36. The lowest BCUT2D eigenvalue weighted by Gasteiger charge is -2.17. The number of esters is 1. The number of rotatable bonds is 4. The molecule has 0 bridgehead atoms. The number of imide groups is 1. The van der Waals surface area contributed by atoms with Crippen molar-refractivity contribution in [1.82, 2.24) is 4.90 Å². The Morgan fingerprint density at radius 1 is 1.07 bits per heavy atom. The van der Waals surface area contributed by atoms with Gasteiger partial charge in [-0.2, -0.15) is 0 Å². The van der Waals surface area contributed by atoms with Crippen LogP contribution >= 0.6 is 0 Å². The second kappa shape index (κ2) is 7.20. The minimum atomic E-state index is -0.566. The van der Waals surface area contributed by atoms with Gasteiger partial charge in [0, 0.05) is 6.61 Å². The van der Waals surface area contributed by atoms with Crippen LogP contribution in [0.25, 0.3) is 0 Å². The molecule has 2 heterocycles. The SMILES string of the molecule is Cc1ccc(OC(=O)c2ccc3c(c2)C(=O)N(CC2CCCO2)C3=O)cc1C.